The predicted molar refractivity (Wildman–Crippen MR) is 92.4 cm³/mol. The van der Waals surface area contributed by atoms with Crippen molar-refractivity contribution in [1.82, 2.24) is 20.1 Å². The molecule has 0 bridgehead atoms. The van der Waals surface area contributed by atoms with Gasteiger partial charge in [0.1, 0.15) is 0 Å². The Morgan fingerprint density at radius 3 is 3.00 bits per heavy atom. The molecule has 1 aliphatic heterocycles. The third kappa shape index (κ3) is 2.81. The van der Waals surface area contributed by atoms with E-state index in [9.17, 15) is 9.90 Å². The second-order valence-corrected chi connectivity index (χ2v) is 7.16. The topological polar surface area (TPSA) is 91.3 Å². The maximum Gasteiger partial charge on any atom is 0.255 e. The van der Waals surface area contributed by atoms with Crippen molar-refractivity contribution in [2.45, 2.75) is 45.3 Å². The van der Waals surface area contributed by atoms with Gasteiger partial charge in [0, 0.05) is 23.9 Å². The van der Waals surface area contributed by atoms with Crippen LogP contribution in [0, 0.1) is 19.8 Å². The molecule has 7 heteroatoms. The number of aromatic amines is 1. The first-order chi connectivity index (χ1) is 12.1. The summed E-state index contributed by atoms with van der Waals surface area (Å²) in [5.41, 5.74) is 2.82. The van der Waals surface area contributed by atoms with Gasteiger partial charge in [-0.25, -0.2) is 4.98 Å². The molecule has 25 heavy (non-hydrogen) atoms. The zero-order valence-electron chi connectivity index (χ0n) is 14.7. The number of carbonyl (C=O) groups is 1. The molecule has 2 aromatic heterocycles. The summed E-state index contributed by atoms with van der Waals surface area (Å²) in [4.78, 5) is 19.7. The quantitative estimate of drug-likeness (QED) is 0.863. The fourth-order valence-corrected chi connectivity index (χ4v) is 4.27. The average molecular weight is 344 g/mol. The van der Waals surface area contributed by atoms with Gasteiger partial charge in [-0.05, 0) is 32.8 Å². The number of rotatable bonds is 2. The van der Waals surface area contributed by atoms with Gasteiger partial charge in [0.2, 0.25) is 0 Å². The first-order valence-corrected chi connectivity index (χ1v) is 8.95. The Hall–Kier alpha value is -1.99. The molecule has 2 fully saturated rings. The Morgan fingerprint density at radius 1 is 1.40 bits per heavy atom. The molecule has 0 unspecified atom stereocenters. The number of hydrogen-bond acceptors (Lipinski definition) is 5. The summed E-state index contributed by atoms with van der Waals surface area (Å²) in [6.07, 6.45) is 2.40. The third-order valence-electron chi connectivity index (χ3n) is 5.52. The van der Waals surface area contributed by atoms with Crippen LogP contribution in [0.3, 0.4) is 0 Å². The number of pyridine rings is 1. The molecule has 0 radical (unpaired) electrons. The van der Waals surface area contributed by atoms with Crippen LogP contribution in [0.2, 0.25) is 0 Å². The number of carbonyl (C=O) groups excluding carboxylic acids is 1. The van der Waals surface area contributed by atoms with E-state index in [1.54, 1.807) is 0 Å². The molecule has 2 aliphatic rings. The van der Waals surface area contributed by atoms with Gasteiger partial charge < -0.3 is 14.7 Å². The minimum absolute atomic E-state index is 0.0209. The van der Waals surface area contributed by atoms with Crippen LogP contribution in [0.4, 0.5) is 0 Å². The molecule has 1 saturated carbocycles. The molecular formula is C18H24N4O3. The highest BCUT2D eigenvalue weighted by molar-refractivity contribution is 6.06. The van der Waals surface area contributed by atoms with Crippen molar-refractivity contribution >= 4 is 16.9 Å². The third-order valence-corrected chi connectivity index (χ3v) is 5.52. The number of hydrogen-bond donors (Lipinski definition) is 2. The number of aliphatic hydroxyl groups excluding tert-OH is 1. The van der Waals surface area contributed by atoms with Crippen LogP contribution in [0.5, 0.6) is 0 Å². The SMILES string of the molecule is Cc1cc(C(=O)N2CCOC[C@@H]2[C@H]2CCC[C@H]2O)c2c(C)[nH]nc2n1. The van der Waals surface area contributed by atoms with Crippen molar-refractivity contribution in [3.8, 4) is 0 Å². The van der Waals surface area contributed by atoms with Gasteiger partial charge in [0.25, 0.3) is 5.91 Å². The molecule has 1 aliphatic carbocycles. The van der Waals surface area contributed by atoms with E-state index in [1.165, 1.54) is 0 Å². The van der Waals surface area contributed by atoms with E-state index in [4.69, 9.17) is 4.74 Å². The molecule has 3 atom stereocenters. The Balaban J connectivity index is 1.72. The summed E-state index contributed by atoms with van der Waals surface area (Å²) < 4.78 is 5.64. The second-order valence-electron chi connectivity index (χ2n) is 7.16. The number of aromatic nitrogens is 3. The van der Waals surface area contributed by atoms with Gasteiger partial charge >= 0.3 is 0 Å². The summed E-state index contributed by atoms with van der Waals surface area (Å²) in [5, 5.41) is 18.2. The van der Waals surface area contributed by atoms with Crippen LogP contribution >= 0.6 is 0 Å². The van der Waals surface area contributed by atoms with Gasteiger partial charge in [-0.15, -0.1) is 0 Å². The molecule has 2 aromatic rings. The molecule has 134 valence electrons. The maximum absolute atomic E-state index is 13.4. The smallest absolute Gasteiger partial charge is 0.255 e. The number of amides is 1. The summed E-state index contributed by atoms with van der Waals surface area (Å²) in [5.74, 6) is 0.0699. The maximum atomic E-state index is 13.4. The van der Waals surface area contributed by atoms with Gasteiger partial charge in [0.05, 0.1) is 36.3 Å². The van der Waals surface area contributed by atoms with Crippen molar-refractivity contribution in [3.63, 3.8) is 0 Å². The molecule has 2 N–H and O–H groups in total. The van der Waals surface area contributed by atoms with Crippen molar-refractivity contribution in [3.05, 3.63) is 23.0 Å². The molecule has 0 spiro atoms. The van der Waals surface area contributed by atoms with Crippen molar-refractivity contribution in [2.75, 3.05) is 19.8 Å². The van der Waals surface area contributed by atoms with E-state index in [2.05, 4.69) is 15.2 Å². The lowest BCUT2D eigenvalue weighted by Crippen LogP contribution is -2.53. The predicted octanol–water partition coefficient (Wildman–Crippen LogP) is 1.58. The van der Waals surface area contributed by atoms with Gasteiger partial charge in [-0.3, -0.25) is 9.89 Å². The van der Waals surface area contributed by atoms with Crippen molar-refractivity contribution < 1.29 is 14.6 Å². The van der Waals surface area contributed by atoms with Crippen LogP contribution in [-0.4, -0.2) is 63.0 Å². The number of morpholine rings is 1. The highest BCUT2D eigenvalue weighted by Crippen LogP contribution is 2.33. The molecule has 1 saturated heterocycles. The molecular weight excluding hydrogens is 320 g/mol. The Kier molecular flexibility index (Phi) is 4.21. The molecule has 7 nitrogen and oxygen atoms in total. The minimum atomic E-state index is -0.350. The standard InChI is InChI=1S/C18H24N4O3/c1-10-8-13(16-11(2)20-21-17(16)19-10)18(24)22-6-7-25-9-14(22)12-4-3-5-15(12)23/h8,12,14-15,23H,3-7,9H2,1-2H3,(H,19,20,21)/t12-,14-,15-/m1/s1. The Morgan fingerprint density at radius 2 is 2.24 bits per heavy atom. The number of H-pyrrole nitrogens is 1. The number of ether oxygens (including phenoxy) is 1. The second kappa shape index (κ2) is 6.38. The molecule has 1 amide bonds. The van der Waals surface area contributed by atoms with E-state index in [1.807, 2.05) is 24.8 Å². The Bertz CT molecular complexity index is 803. The number of aryl methyl sites for hydroxylation is 2. The summed E-state index contributed by atoms with van der Waals surface area (Å²) >= 11 is 0. The summed E-state index contributed by atoms with van der Waals surface area (Å²) in [7, 11) is 0. The summed E-state index contributed by atoms with van der Waals surface area (Å²) in [6, 6.07) is 1.76. The van der Waals surface area contributed by atoms with Crippen molar-refractivity contribution in [2.24, 2.45) is 5.92 Å². The largest absolute Gasteiger partial charge is 0.393 e. The first-order valence-electron chi connectivity index (χ1n) is 8.95. The van der Waals surface area contributed by atoms with E-state index in [-0.39, 0.29) is 24.0 Å². The molecule has 4 rings (SSSR count). The fourth-order valence-electron chi connectivity index (χ4n) is 4.27. The number of aliphatic hydroxyl groups is 1. The van der Waals surface area contributed by atoms with Gasteiger partial charge in [0.15, 0.2) is 5.65 Å². The first kappa shape index (κ1) is 16.5. The average Bonchev–Trinajstić information content (AvgIpc) is 3.19. The van der Waals surface area contributed by atoms with Crippen LogP contribution in [-0.2, 0) is 4.74 Å². The lowest BCUT2D eigenvalue weighted by atomic mass is 9.93. The van der Waals surface area contributed by atoms with Crippen LogP contribution in [0.25, 0.3) is 11.0 Å². The highest BCUT2D eigenvalue weighted by atomic mass is 16.5. The van der Waals surface area contributed by atoms with E-state index in [0.717, 1.165) is 36.0 Å². The minimum Gasteiger partial charge on any atom is -0.393 e. The van der Waals surface area contributed by atoms with E-state index in [0.29, 0.717) is 31.0 Å². The van der Waals surface area contributed by atoms with Crippen molar-refractivity contribution in [1.29, 1.82) is 0 Å². The van der Waals surface area contributed by atoms with Crippen LogP contribution < -0.4 is 0 Å². The van der Waals surface area contributed by atoms with Gasteiger partial charge in [-0.2, -0.15) is 5.10 Å². The fraction of sp³-hybridized carbons (Fsp3) is 0.611. The lowest BCUT2D eigenvalue weighted by Gasteiger charge is -2.40. The van der Waals surface area contributed by atoms with E-state index >= 15 is 0 Å². The number of fused-ring (bicyclic) bond motifs is 1. The zero-order chi connectivity index (χ0) is 17.6. The monoisotopic (exact) mass is 344 g/mol. The van der Waals surface area contributed by atoms with Crippen LogP contribution in [0.1, 0.15) is 41.0 Å². The number of nitrogens with one attached hydrogen (secondary N) is 1. The number of nitrogens with zero attached hydrogens (tertiary/aromatic N) is 3. The Labute approximate surface area is 146 Å². The van der Waals surface area contributed by atoms with E-state index < -0.39 is 0 Å². The molecule has 0 aromatic carbocycles. The van der Waals surface area contributed by atoms with Crippen LogP contribution in [0.15, 0.2) is 6.07 Å². The zero-order valence-corrected chi connectivity index (χ0v) is 14.7. The molecule has 3 heterocycles. The van der Waals surface area contributed by atoms with Gasteiger partial charge in [-0.1, -0.05) is 6.42 Å². The summed E-state index contributed by atoms with van der Waals surface area (Å²) in [6.45, 7) is 5.35. The normalized spacial score (nSPS) is 27.2. The highest BCUT2D eigenvalue weighted by Gasteiger charge is 2.40. The lowest BCUT2D eigenvalue weighted by molar-refractivity contribution is -0.0382.